The number of thiophene rings is 1. The van der Waals surface area contributed by atoms with Gasteiger partial charge in [-0.15, -0.1) is 11.3 Å². The van der Waals surface area contributed by atoms with E-state index < -0.39 is 0 Å². The molecule has 0 bridgehead atoms. The third-order valence-electron chi connectivity index (χ3n) is 3.57. The number of amides is 1. The van der Waals surface area contributed by atoms with Crippen molar-refractivity contribution in [3.63, 3.8) is 0 Å². The first-order chi connectivity index (χ1) is 8.81. The monoisotopic (exact) mass is 267 g/mol. The van der Waals surface area contributed by atoms with Crippen LogP contribution in [0.1, 0.15) is 37.0 Å². The molecule has 1 aliphatic rings. The SMILES string of the molecule is O=C(CCCc1cccs1)N(CCO)C1CCC1. The van der Waals surface area contributed by atoms with E-state index in [1.54, 1.807) is 11.3 Å². The molecule has 1 saturated carbocycles. The molecule has 0 aromatic carbocycles. The molecule has 1 amide bonds. The standard InChI is InChI=1S/C14H21NO2S/c16-10-9-15(12-4-1-5-12)14(17)8-2-6-13-7-3-11-18-13/h3,7,11-12,16H,1-2,4-6,8-10H2. The number of hydrogen-bond donors (Lipinski definition) is 1. The molecule has 0 unspecified atom stereocenters. The number of aliphatic hydroxyl groups excluding tert-OH is 1. The van der Waals surface area contributed by atoms with Crippen LogP contribution in [-0.4, -0.2) is 35.1 Å². The van der Waals surface area contributed by atoms with Crippen molar-refractivity contribution in [3.8, 4) is 0 Å². The molecule has 0 radical (unpaired) electrons. The van der Waals surface area contributed by atoms with Crippen molar-refractivity contribution >= 4 is 17.2 Å². The Morgan fingerprint density at radius 2 is 2.33 bits per heavy atom. The van der Waals surface area contributed by atoms with Gasteiger partial charge in [0.05, 0.1) is 6.61 Å². The summed E-state index contributed by atoms with van der Waals surface area (Å²) < 4.78 is 0. The maximum Gasteiger partial charge on any atom is 0.222 e. The third-order valence-corrected chi connectivity index (χ3v) is 4.51. The van der Waals surface area contributed by atoms with Crippen molar-refractivity contribution in [1.29, 1.82) is 0 Å². The van der Waals surface area contributed by atoms with Crippen LogP contribution in [0.25, 0.3) is 0 Å². The summed E-state index contributed by atoms with van der Waals surface area (Å²) in [4.78, 5) is 15.3. The van der Waals surface area contributed by atoms with E-state index in [9.17, 15) is 4.79 Å². The minimum atomic E-state index is 0.0766. The largest absolute Gasteiger partial charge is 0.395 e. The van der Waals surface area contributed by atoms with Gasteiger partial charge in [-0.3, -0.25) is 4.79 Å². The average molecular weight is 267 g/mol. The van der Waals surface area contributed by atoms with E-state index in [2.05, 4.69) is 11.4 Å². The second kappa shape index (κ2) is 6.90. The summed E-state index contributed by atoms with van der Waals surface area (Å²) in [5.74, 6) is 0.213. The summed E-state index contributed by atoms with van der Waals surface area (Å²) in [5, 5.41) is 11.1. The molecule has 18 heavy (non-hydrogen) atoms. The van der Waals surface area contributed by atoms with Gasteiger partial charge in [-0.25, -0.2) is 0 Å². The molecule has 0 atom stereocenters. The number of aryl methyl sites for hydroxylation is 1. The van der Waals surface area contributed by atoms with E-state index >= 15 is 0 Å². The zero-order valence-electron chi connectivity index (χ0n) is 10.7. The van der Waals surface area contributed by atoms with Gasteiger partial charge in [-0.2, -0.15) is 0 Å². The lowest BCUT2D eigenvalue weighted by Gasteiger charge is -2.37. The number of rotatable bonds is 7. The maximum absolute atomic E-state index is 12.1. The highest BCUT2D eigenvalue weighted by Gasteiger charge is 2.27. The van der Waals surface area contributed by atoms with Gasteiger partial charge in [0.2, 0.25) is 5.91 Å². The summed E-state index contributed by atoms with van der Waals surface area (Å²) in [7, 11) is 0. The van der Waals surface area contributed by atoms with Crippen LogP contribution in [0.3, 0.4) is 0 Å². The number of carbonyl (C=O) groups is 1. The van der Waals surface area contributed by atoms with E-state index in [1.807, 2.05) is 11.0 Å². The van der Waals surface area contributed by atoms with Gasteiger partial charge >= 0.3 is 0 Å². The molecule has 0 spiro atoms. The van der Waals surface area contributed by atoms with Gasteiger partial charge in [0.1, 0.15) is 0 Å². The Hall–Kier alpha value is -0.870. The number of nitrogens with zero attached hydrogens (tertiary/aromatic N) is 1. The van der Waals surface area contributed by atoms with Crippen molar-refractivity contribution in [1.82, 2.24) is 4.90 Å². The lowest BCUT2D eigenvalue weighted by atomic mass is 9.91. The molecule has 1 N–H and O–H groups in total. The van der Waals surface area contributed by atoms with Crippen LogP contribution in [0, 0.1) is 0 Å². The van der Waals surface area contributed by atoms with E-state index in [0.29, 0.717) is 19.0 Å². The molecule has 0 aliphatic heterocycles. The predicted octanol–water partition coefficient (Wildman–Crippen LogP) is 2.44. The van der Waals surface area contributed by atoms with Crippen molar-refractivity contribution in [3.05, 3.63) is 22.4 Å². The Bertz CT molecular complexity index is 360. The first kappa shape index (κ1) is 13.6. The third kappa shape index (κ3) is 3.56. The smallest absolute Gasteiger partial charge is 0.222 e. The van der Waals surface area contributed by atoms with Crippen molar-refractivity contribution in [2.45, 2.75) is 44.6 Å². The fraction of sp³-hybridized carbons (Fsp3) is 0.643. The van der Waals surface area contributed by atoms with E-state index in [1.165, 1.54) is 11.3 Å². The number of hydrogen-bond acceptors (Lipinski definition) is 3. The lowest BCUT2D eigenvalue weighted by Crippen LogP contribution is -2.45. The van der Waals surface area contributed by atoms with E-state index in [4.69, 9.17) is 5.11 Å². The lowest BCUT2D eigenvalue weighted by molar-refractivity contribution is -0.136. The van der Waals surface area contributed by atoms with Gasteiger partial charge in [-0.1, -0.05) is 6.07 Å². The van der Waals surface area contributed by atoms with Crippen LogP contribution in [0.5, 0.6) is 0 Å². The molecule has 1 aromatic rings. The van der Waals surface area contributed by atoms with Crippen LogP contribution in [0.2, 0.25) is 0 Å². The van der Waals surface area contributed by atoms with Crippen molar-refractivity contribution < 1.29 is 9.90 Å². The Balaban J connectivity index is 1.74. The van der Waals surface area contributed by atoms with Crippen LogP contribution in [0.15, 0.2) is 17.5 Å². The molecule has 1 aromatic heterocycles. The Morgan fingerprint density at radius 3 is 2.89 bits per heavy atom. The van der Waals surface area contributed by atoms with Gasteiger partial charge in [0.15, 0.2) is 0 Å². The molecular formula is C14H21NO2S. The summed E-state index contributed by atoms with van der Waals surface area (Å²) >= 11 is 1.75. The Labute approximate surface area is 112 Å². The van der Waals surface area contributed by atoms with Crippen LogP contribution < -0.4 is 0 Å². The highest BCUT2D eigenvalue weighted by atomic mass is 32.1. The molecule has 4 heteroatoms. The number of carbonyl (C=O) groups excluding carboxylic acids is 1. The van der Waals surface area contributed by atoms with E-state index in [0.717, 1.165) is 25.7 Å². The molecule has 3 nitrogen and oxygen atoms in total. The highest BCUT2D eigenvalue weighted by Crippen LogP contribution is 2.25. The molecule has 100 valence electrons. The minimum Gasteiger partial charge on any atom is -0.395 e. The van der Waals surface area contributed by atoms with Gasteiger partial charge < -0.3 is 10.0 Å². The summed E-state index contributed by atoms with van der Waals surface area (Å²) in [5.41, 5.74) is 0. The van der Waals surface area contributed by atoms with Crippen molar-refractivity contribution in [2.24, 2.45) is 0 Å². The first-order valence-electron chi connectivity index (χ1n) is 6.74. The van der Waals surface area contributed by atoms with Crippen LogP contribution in [0.4, 0.5) is 0 Å². The fourth-order valence-electron chi connectivity index (χ4n) is 2.33. The second-order valence-electron chi connectivity index (χ2n) is 4.83. The Morgan fingerprint density at radius 1 is 1.50 bits per heavy atom. The molecule has 1 fully saturated rings. The quantitative estimate of drug-likeness (QED) is 0.824. The van der Waals surface area contributed by atoms with Crippen LogP contribution >= 0.6 is 11.3 Å². The fourth-order valence-corrected chi connectivity index (χ4v) is 3.08. The first-order valence-corrected chi connectivity index (χ1v) is 7.62. The normalized spacial score (nSPS) is 15.4. The highest BCUT2D eigenvalue weighted by molar-refractivity contribution is 7.09. The topological polar surface area (TPSA) is 40.5 Å². The van der Waals surface area contributed by atoms with Gasteiger partial charge in [0.25, 0.3) is 0 Å². The average Bonchev–Trinajstić information content (AvgIpc) is 2.79. The predicted molar refractivity (Wildman–Crippen MR) is 73.7 cm³/mol. The van der Waals surface area contributed by atoms with Crippen molar-refractivity contribution in [2.75, 3.05) is 13.2 Å². The summed E-state index contributed by atoms with van der Waals surface area (Å²) in [6, 6.07) is 4.56. The zero-order valence-corrected chi connectivity index (χ0v) is 11.5. The van der Waals surface area contributed by atoms with Crippen LogP contribution in [-0.2, 0) is 11.2 Å². The van der Waals surface area contributed by atoms with E-state index in [-0.39, 0.29) is 12.5 Å². The van der Waals surface area contributed by atoms with Gasteiger partial charge in [0, 0.05) is 23.9 Å². The maximum atomic E-state index is 12.1. The molecule has 1 heterocycles. The minimum absolute atomic E-state index is 0.0766. The van der Waals surface area contributed by atoms with Gasteiger partial charge in [-0.05, 0) is 43.6 Å². The second-order valence-corrected chi connectivity index (χ2v) is 5.86. The molecule has 2 rings (SSSR count). The summed E-state index contributed by atoms with van der Waals surface area (Å²) in [6.45, 7) is 0.579. The molecular weight excluding hydrogens is 246 g/mol. The summed E-state index contributed by atoms with van der Waals surface area (Å²) in [6.07, 6.45) is 5.94. The Kier molecular flexibility index (Phi) is 5.20. The zero-order chi connectivity index (χ0) is 12.8. The molecule has 1 aliphatic carbocycles. The molecule has 0 saturated heterocycles. The number of aliphatic hydroxyl groups is 1.